The predicted molar refractivity (Wildman–Crippen MR) is 159 cm³/mol. The van der Waals surface area contributed by atoms with E-state index in [9.17, 15) is 24.3 Å². The molecule has 0 spiro atoms. The Labute approximate surface area is 251 Å². The van der Waals surface area contributed by atoms with Gasteiger partial charge in [-0.15, -0.1) is 0 Å². The number of carbonyl (C=O) groups excluding carboxylic acids is 3. The number of rotatable bonds is 10. The summed E-state index contributed by atoms with van der Waals surface area (Å²) in [5, 5.41) is 19.8. The van der Waals surface area contributed by atoms with Crippen LogP contribution in [0.25, 0.3) is 11.1 Å². The zero-order valence-electron chi connectivity index (χ0n) is 22.2. The summed E-state index contributed by atoms with van der Waals surface area (Å²) in [7, 11) is 0. The molecule has 13 heteroatoms. The first-order chi connectivity index (χ1) is 20.2. The van der Waals surface area contributed by atoms with E-state index in [4.69, 9.17) is 27.9 Å². The SMILES string of the molecule is O=C(CNC(=O)c1cccc(NC2=NCCCO2)c1)NCC(NC(=O)c1c(Cl)cc(-c2ccccc2)cc1Cl)C(=O)O. The second-order valence-electron chi connectivity index (χ2n) is 9.13. The first-order valence-electron chi connectivity index (χ1n) is 12.9. The van der Waals surface area contributed by atoms with Crippen LogP contribution >= 0.6 is 23.2 Å². The van der Waals surface area contributed by atoms with E-state index in [1.807, 2.05) is 30.3 Å². The van der Waals surface area contributed by atoms with Crippen LogP contribution in [-0.4, -0.2) is 67.1 Å². The van der Waals surface area contributed by atoms with Gasteiger partial charge in [-0.2, -0.15) is 0 Å². The summed E-state index contributed by atoms with van der Waals surface area (Å²) in [4.78, 5) is 53.8. The van der Waals surface area contributed by atoms with Crippen LogP contribution in [0.5, 0.6) is 0 Å². The van der Waals surface area contributed by atoms with Crippen LogP contribution in [-0.2, 0) is 14.3 Å². The van der Waals surface area contributed by atoms with Crippen molar-refractivity contribution in [1.82, 2.24) is 16.0 Å². The van der Waals surface area contributed by atoms with Crippen molar-refractivity contribution in [3.05, 3.63) is 87.9 Å². The maximum absolute atomic E-state index is 12.9. The van der Waals surface area contributed by atoms with Crippen molar-refractivity contribution in [2.45, 2.75) is 12.5 Å². The van der Waals surface area contributed by atoms with Crippen molar-refractivity contribution in [2.24, 2.45) is 4.99 Å². The normalized spacial score (nSPS) is 13.1. The van der Waals surface area contributed by atoms with Gasteiger partial charge in [-0.25, -0.2) is 9.79 Å². The molecule has 1 heterocycles. The van der Waals surface area contributed by atoms with Gasteiger partial charge in [0.1, 0.15) is 6.04 Å². The summed E-state index contributed by atoms with van der Waals surface area (Å²) in [5.74, 6) is -3.40. The van der Waals surface area contributed by atoms with Gasteiger partial charge in [0.05, 0.1) is 28.8 Å². The number of carbonyl (C=O) groups is 4. The molecule has 4 rings (SSSR count). The van der Waals surface area contributed by atoms with E-state index < -0.39 is 42.8 Å². The Hall–Kier alpha value is -4.61. The minimum absolute atomic E-state index is 0.0354. The number of hydrogen-bond donors (Lipinski definition) is 5. The summed E-state index contributed by atoms with van der Waals surface area (Å²) < 4.78 is 5.41. The highest BCUT2D eigenvalue weighted by atomic mass is 35.5. The van der Waals surface area contributed by atoms with Crippen molar-refractivity contribution in [2.75, 3.05) is 31.6 Å². The Morgan fingerprint density at radius 3 is 2.31 bits per heavy atom. The molecule has 1 aliphatic rings. The number of nitrogens with one attached hydrogen (secondary N) is 4. The molecule has 1 aliphatic heterocycles. The average molecular weight is 612 g/mol. The zero-order valence-corrected chi connectivity index (χ0v) is 23.7. The topological polar surface area (TPSA) is 158 Å². The highest BCUT2D eigenvalue weighted by Crippen LogP contribution is 2.31. The molecule has 11 nitrogen and oxygen atoms in total. The maximum Gasteiger partial charge on any atom is 0.328 e. The molecular weight excluding hydrogens is 585 g/mol. The number of hydrogen-bond acceptors (Lipinski definition) is 7. The molecule has 0 radical (unpaired) electrons. The molecule has 42 heavy (non-hydrogen) atoms. The number of nitrogens with zero attached hydrogens (tertiary/aromatic N) is 1. The summed E-state index contributed by atoms with van der Waals surface area (Å²) >= 11 is 12.7. The molecule has 5 N–H and O–H groups in total. The number of aliphatic carboxylic acids is 1. The fourth-order valence-electron chi connectivity index (χ4n) is 3.96. The first-order valence-corrected chi connectivity index (χ1v) is 13.6. The highest BCUT2D eigenvalue weighted by Gasteiger charge is 2.25. The van der Waals surface area contributed by atoms with Gasteiger partial charge in [0.2, 0.25) is 5.91 Å². The van der Waals surface area contributed by atoms with Crippen LogP contribution < -0.4 is 21.3 Å². The molecule has 3 amide bonds. The van der Waals surface area contributed by atoms with Crippen LogP contribution in [0.2, 0.25) is 10.0 Å². The average Bonchev–Trinajstić information content (AvgIpc) is 2.98. The van der Waals surface area contributed by atoms with Gasteiger partial charge in [0, 0.05) is 30.8 Å². The van der Waals surface area contributed by atoms with E-state index in [0.717, 1.165) is 12.0 Å². The van der Waals surface area contributed by atoms with E-state index in [0.29, 0.717) is 30.4 Å². The molecule has 3 aromatic carbocycles. The summed E-state index contributed by atoms with van der Waals surface area (Å²) in [5.41, 5.74) is 2.29. The lowest BCUT2D eigenvalue weighted by atomic mass is 10.0. The lowest BCUT2D eigenvalue weighted by Gasteiger charge is -2.17. The second-order valence-corrected chi connectivity index (χ2v) is 9.94. The Morgan fingerprint density at radius 1 is 0.905 bits per heavy atom. The van der Waals surface area contributed by atoms with Crippen molar-refractivity contribution < 1.29 is 29.0 Å². The number of benzene rings is 3. The number of carboxylic acids is 1. The summed E-state index contributed by atoms with van der Waals surface area (Å²) in [6.45, 7) is 0.324. The predicted octanol–water partition coefficient (Wildman–Crippen LogP) is 3.58. The Morgan fingerprint density at radius 2 is 1.64 bits per heavy atom. The van der Waals surface area contributed by atoms with Gasteiger partial charge in [-0.1, -0.05) is 59.6 Å². The number of amides is 3. The smallest absolute Gasteiger partial charge is 0.328 e. The fourth-order valence-corrected chi connectivity index (χ4v) is 4.61. The highest BCUT2D eigenvalue weighted by molar-refractivity contribution is 6.40. The fraction of sp³-hybridized carbons (Fsp3) is 0.207. The van der Waals surface area contributed by atoms with Gasteiger partial charge in [-0.05, 0) is 41.5 Å². The molecular formula is C29H27Cl2N5O6. The van der Waals surface area contributed by atoms with E-state index in [1.54, 1.807) is 36.4 Å². The molecule has 0 bridgehead atoms. The van der Waals surface area contributed by atoms with Gasteiger partial charge in [-0.3, -0.25) is 14.4 Å². The second kappa shape index (κ2) is 14.3. The van der Waals surface area contributed by atoms with Crippen LogP contribution in [0.3, 0.4) is 0 Å². The number of ether oxygens (including phenoxy) is 1. The van der Waals surface area contributed by atoms with E-state index in [1.165, 1.54) is 0 Å². The molecule has 0 saturated carbocycles. The molecule has 0 saturated heterocycles. The van der Waals surface area contributed by atoms with Crippen molar-refractivity contribution in [3.8, 4) is 11.1 Å². The molecule has 218 valence electrons. The summed E-state index contributed by atoms with van der Waals surface area (Å²) in [6, 6.07) is 17.8. The Balaban J connectivity index is 1.30. The van der Waals surface area contributed by atoms with Gasteiger partial charge < -0.3 is 31.1 Å². The van der Waals surface area contributed by atoms with Crippen molar-refractivity contribution >= 4 is 58.6 Å². The number of halogens is 2. The number of carboxylic acid groups (broad SMARTS) is 1. The first kappa shape index (κ1) is 30.4. The molecule has 0 aliphatic carbocycles. The standard InChI is InChI=1S/C29H27Cl2N5O6/c30-21-13-19(17-6-2-1-3-7-17)14-22(31)25(21)27(39)36-23(28(40)41)15-33-24(37)16-34-26(38)18-8-4-9-20(12-18)35-29-32-10-5-11-42-29/h1-4,6-9,12-14,23H,5,10-11,15-16H2,(H,32,35)(H,33,37)(H,34,38)(H,36,39)(H,40,41). The Kier molecular flexibility index (Phi) is 10.4. The monoisotopic (exact) mass is 611 g/mol. The van der Waals surface area contributed by atoms with E-state index in [2.05, 4.69) is 26.3 Å². The number of amidine groups is 1. The van der Waals surface area contributed by atoms with Crippen molar-refractivity contribution in [3.63, 3.8) is 0 Å². The third kappa shape index (κ3) is 8.21. The van der Waals surface area contributed by atoms with Gasteiger partial charge >= 0.3 is 5.97 Å². The molecule has 0 fully saturated rings. The third-order valence-electron chi connectivity index (χ3n) is 6.07. The van der Waals surface area contributed by atoms with Crippen LogP contribution in [0.1, 0.15) is 27.1 Å². The molecule has 3 aromatic rings. The van der Waals surface area contributed by atoms with Crippen LogP contribution in [0.15, 0.2) is 71.7 Å². The van der Waals surface area contributed by atoms with Gasteiger partial charge in [0.15, 0.2) is 0 Å². The Bertz CT molecular complexity index is 1490. The minimum atomic E-state index is -1.49. The van der Waals surface area contributed by atoms with Crippen LogP contribution in [0, 0.1) is 0 Å². The van der Waals surface area contributed by atoms with E-state index in [-0.39, 0.29) is 21.2 Å². The molecule has 1 unspecified atom stereocenters. The summed E-state index contributed by atoms with van der Waals surface area (Å²) in [6.07, 6.45) is 0.834. The maximum atomic E-state index is 12.9. The molecule has 0 aromatic heterocycles. The van der Waals surface area contributed by atoms with Crippen LogP contribution in [0.4, 0.5) is 5.69 Å². The third-order valence-corrected chi connectivity index (χ3v) is 6.66. The number of aliphatic imine (C=N–C) groups is 1. The number of anilines is 1. The lowest BCUT2D eigenvalue weighted by molar-refractivity contribution is -0.139. The lowest BCUT2D eigenvalue weighted by Crippen LogP contribution is -2.50. The largest absolute Gasteiger partial charge is 0.480 e. The minimum Gasteiger partial charge on any atom is -0.480 e. The molecule has 1 atom stereocenters. The zero-order chi connectivity index (χ0) is 30.1. The van der Waals surface area contributed by atoms with E-state index >= 15 is 0 Å². The van der Waals surface area contributed by atoms with Crippen molar-refractivity contribution in [1.29, 1.82) is 0 Å². The van der Waals surface area contributed by atoms with Gasteiger partial charge in [0.25, 0.3) is 17.8 Å². The quantitative estimate of drug-likeness (QED) is 0.234.